The molecule has 0 radical (unpaired) electrons. The second-order valence-electron chi connectivity index (χ2n) is 8.04. The van der Waals surface area contributed by atoms with Gasteiger partial charge in [0, 0.05) is 29.9 Å². The Labute approximate surface area is 135 Å². The molecule has 0 aromatic heterocycles. The molecule has 0 bridgehead atoms. The maximum atomic E-state index is 12.5. The van der Waals surface area contributed by atoms with Gasteiger partial charge in [0.05, 0.1) is 18.2 Å². The lowest BCUT2D eigenvalue weighted by Crippen LogP contribution is -2.61. The Balaban J connectivity index is 2.15. The zero-order valence-corrected chi connectivity index (χ0v) is 15.0. The van der Waals surface area contributed by atoms with Crippen LogP contribution in [-0.2, 0) is 16.1 Å². The third-order valence-electron chi connectivity index (χ3n) is 4.70. The van der Waals surface area contributed by atoms with E-state index in [1.54, 1.807) is 0 Å². The summed E-state index contributed by atoms with van der Waals surface area (Å²) in [6.45, 7) is 11.6. The quantitative estimate of drug-likeness (QED) is 0.755. The number of hydrogen-bond donors (Lipinski definition) is 2. The van der Waals surface area contributed by atoms with Crippen LogP contribution in [-0.4, -0.2) is 56.7 Å². The van der Waals surface area contributed by atoms with Crippen LogP contribution in [0.4, 0.5) is 4.79 Å². The average molecular weight is 332 g/mol. The highest BCUT2D eigenvalue weighted by atomic mass is 32.2. The van der Waals surface area contributed by atoms with Crippen LogP contribution in [0.15, 0.2) is 0 Å². The van der Waals surface area contributed by atoms with Gasteiger partial charge in [-0.1, -0.05) is 13.8 Å². The molecule has 2 atom stereocenters. The molecular weight excluding hydrogens is 304 g/mol. The molecule has 2 fully saturated rings. The molecule has 1 amide bonds. The van der Waals surface area contributed by atoms with Crippen LogP contribution in [0.25, 0.3) is 0 Å². The van der Waals surface area contributed by atoms with Crippen molar-refractivity contribution in [3.05, 3.63) is 0 Å². The van der Waals surface area contributed by atoms with Gasteiger partial charge in [-0.2, -0.15) is 0 Å². The fraction of sp³-hybridized carbons (Fsp3) is 0.933. The molecule has 2 aliphatic rings. The van der Waals surface area contributed by atoms with Crippen molar-refractivity contribution < 1.29 is 19.2 Å². The molecule has 1 spiro atoms. The second kappa shape index (κ2) is 5.85. The predicted molar refractivity (Wildman–Crippen MR) is 86.1 cm³/mol. The smallest absolute Gasteiger partial charge is 0.407 e. The SMILES string of the molecule is CC1(C)COC2(CCN(C(=O)O)CC2)[C@H]1N[S@+]([O-])C(C)(C)C. The maximum Gasteiger partial charge on any atom is 0.407 e. The number of nitrogens with zero attached hydrogens (tertiary/aromatic N) is 1. The van der Waals surface area contributed by atoms with E-state index >= 15 is 0 Å². The zero-order valence-electron chi connectivity index (χ0n) is 14.1. The van der Waals surface area contributed by atoms with Crippen LogP contribution in [0.5, 0.6) is 0 Å². The molecule has 2 heterocycles. The molecule has 0 aromatic carbocycles. The molecule has 0 aliphatic carbocycles. The highest BCUT2D eigenvalue weighted by Gasteiger charge is 2.57. The van der Waals surface area contributed by atoms with Gasteiger partial charge in [-0.15, -0.1) is 4.72 Å². The fourth-order valence-corrected chi connectivity index (χ4v) is 4.37. The minimum Gasteiger partial charge on any atom is -0.598 e. The Morgan fingerprint density at radius 3 is 2.36 bits per heavy atom. The summed E-state index contributed by atoms with van der Waals surface area (Å²) in [4.78, 5) is 12.5. The number of amides is 1. The lowest BCUT2D eigenvalue weighted by Gasteiger charge is -2.44. The molecule has 2 rings (SSSR count). The van der Waals surface area contributed by atoms with Crippen molar-refractivity contribution in [2.45, 2.75) is 63.9 Å². The first-order valence-electron chi connectivity index (χ1n) is 7.78. The molecule has 22 heavy (non-hydrogen) atoms. The van der Waals surface area contributed by atoms with Crippen molar-refractivity contribution in [1.82, 2.24) is 9.62 Å². The number of rotatable bonds is 2. The predicted octanol–water partition coefficient (Wildman–Crippen LogP) is 1.98. The number of piperidine rings is 1. The minimum atomic E-state index is -1.18. The van der Waals surface area contributed by atoms with Crippen molar-refractivity contribution in [2.75, 3.05) is 19.7 Å². The van der Waals surface area contributed by atoms with E-state index in [-0.39, 0.29) is 16.2 Å². The van der Waals surface area contributed by atoms with Crippen molar-refractivity contribution >= 4 is 17.5 Å². The highest BCUT2D eigenvalue weighted by molar-refractivity contribution is 7.90. The monoisotopic (exact) mass is 332 g/mol. The Bertz CT molecular complexity index is 428. The molecule has 2 saturated heterocycles. The summed E-state index contributed by atoms with van der Waals surface area (Å²) < 4.78 is 21.6. The summed E-state index contributed by atoms with van der Waals surface area (Å²) in [6.07, 6.45) is 0.401. The Kier molecular flexibility index (Phi) is 4.75. The fourth-order valence-electron chi connectivity index (χ4n) is 3.27. The van der Waals surface area contributed by atoms with E-state index in [2.05, 4.69) is 18.6 Å². The highest BCUT2D eigenvalue weighted by Crippen LogP contribution is 2.45. The van der Waals surface area contributed by atoms with Crippen molar-refractivity contribution in [3.63, 3.8) is 0 Å². The third kappa shape index (κ3) is 3.37. The summed E-state index contributed by atoms with van der Waals surface area (Å²) in [5.74, 6) is 0. The largest absolute Gasteiger partial charge is 0.598 e. The standard InChI is InChI=1S/C15H28N2O4S/c1-13(2,3)22(20)16-11-14(4,5)10-21-15(11)6-8-17(9-7-15)12(18)19/h11,16H,6-10H2,1-5H3,(H,18,19)/t11-,22+/m0/s1. The minimum absolute atomic E-state index is 0.0454. The number of ether oxygens (including phenoxy) is 1. The summed E-state index contributed by atoms with van der Waals surface area (Å²) in [5.41, 5.74) is -0.553. The van der Waals surface area contributed by atoms with Gasteiger partial charge >= 0.3 is 6.09 Å². The van der Waals surface area contributed by atoms with Crippen LogP contribution in [0.3, 0.4) is 0 Å². The van der Waals surface area contributed by atoms with Gasteiger partial charge in [-0.05, 0) is 33.6 Å². The van der Waals surface area contributed by atoms with Gasteiger partial charge in [0.25, 0.3) is 0 Å². The molecule has 7 heteroatoms. The molecule has 0 unspecified atom stereocenters. The molecular formula is C15H28N2O4S. The van der Waals surface area contributed by atoms with Crippen molar-refractivity contribution in [3.8, 4) is 0 Å². The number of hydrogen-bond acceptors (Lipinski definition) is 4. The van der Waals surface area contributed by atoms with E-state index in [4.69, 9.17) is 9.84 Å². The summed E-state index contributed by atoms with van der Waals surface area (Å²) in [6, 6.07) is -0.0454. The lowest BCUT2D eigenvalue weighted by atomic mass is 9.75. The Morgan fingerprint density at radius 1 is 1.36 bits per heavy atom. The Morgan fingerprint density at radius 2 is 1.91 bits per heavy atom. The number of carbonyl (C=O) groups is 1. The van der Waals surface area contributed by atoms with Crippen LogP contribution >= 0.6 is 0 Å². The average Bonchev–Trinajstić information content (AvgIpc) is 2.63. The normalized spacial score (nSPS) is 28.8. The van der Waals surface area contributed by atoms with Crippen molar-refractivity contribution in [1.29, 1.82) is 0 Å². The molecule has 6 nitrogen and oxygen atoms in total. The van der Waals surface area contributed by atoms with E-state index in [1.807, 2.05) is 20.8 Å². The van der Waals surface area contributed by atoms with Crippen molar-refractivity contribution in [2.24, 2.45) is 5.41 Å². The summed E-state index contributed by atoms with van der Waals surface area (Å²) >= 11 is -1.18. The first kappa shape index (κ1) is 17.8. The van der Waals surface area contributed by atoms with Gasteiger partial charge in [0.2, 0.25) is 0 Å². The van der Waals surface area contributed by atoms with E-state index < -0.39 is 23.1 Å². The van der Waals surface area contributed by atoms with Crippen LogP contribution in [0.2, 0.25) is 0 Å². The number of carboxylic acid groups (broad SMARTS) is 1. The van der Waals surface area contributed by atoms with Gasteiger partial charge < -0.3 is 19.3 Å². The van der Waals surface area contributed by atoms with Crippen LogP contribution < -0.4 is 4.72 Å². The molecule has 128 valence electrons. The van der Waals surface area contributed by atoms with Gasteiger partial charge in [-0.3, -0.25) is 0 Å². The Hall–Kier alpha value is -0.500. The summed E-state index contributed by atoms with van der Waals surface area (Å²) in [5, 5.41) is 9.11. The van der Waals surface area contributed by atoms with Gasteiger partial charge in [0.1, 0.15) is 4.75 Å². The lowest BCUT2D eigenvalue weighted by molar-refractivity contribution is -0.0493. The first-order valence-corrected chi connectivity index (χ1v) is 8.93. The molecule has 2 aliphatic heterocycles. The summed E-state index contributed by atoms with van der Waals surface area (Å²) in [7, 11) is 0. The second-order valence-corrected chi connectivity index (χ2v) is 10.0. The maximum absolute atomic E-state index is 12.5. The van der Waals surface area contributed by atoms with E-state index in [1.165, 1.54) is 4.90 Å². The number of nitrogens with one attached hydrogen (secondary N) is 1. The van der Waals surface area contributed by atoms with E-state index in [9.17, 15) is 9.35 Å². The van der Waals surface area contributed by atoms with Crippen LogP contribution in [0.1, 0.15) is 47.5 Å². The van der Waals surface area contributed by atoms with Crippen LogP contribution in [0, 0.1) is 5.41 Å². The molecule has 2 N–H and O–H groups in total. The number of likely N-dealkylation sites (tertiary alicyclic amines) is 1. The van der Waals surface area contributed by atoms with Gasteiger partial charge in [0.15, 0.2) is 0 Å². The molecule has 0 saturated carbocycles. The van der Waals surface area contributed by atoms with E-state index in [0.717, 1.165) is 0 Å². The topological polar surface area (TPSA) is 84.9 Å². The zero-order chi connectivity index (χ0) is 16.8. The molecule has 0 aromatic rings. The third-order valence-corrected chi connectivity index (χ3v) is 6.26. The first-order chi connectivity index (χ1) is 9.98. The van der Waals surface area contributed by atoms with Gasteiger partial charge in [-0.25, -0.2) is 4.79 Å². The van der Waals surface area contributed by atoms with E-state index in [0.29, 0.717) is 32.5 Å².